The molecule has 0 spiro atoms. The Balaban J connectivity index is 1.56. The number of esters is 1. The molecule has 0 aromatic heterocycles. The van der Waals surface area contributed by atoms with Gasteiger partial charge in [0.05, 0.1) is 11.3 Å². The SMILES string of the molecule is C[C@H](OC(=O)c1ccccc1N1CCCC1=O)C(=O)NC(=O)NC1CCCCC1. The molecule has 156 valence electrons. The number of hydrogen-bond donors (Lipinski definition) is 2. The highest BCUT2D eigenvalue weighted by molar-refractivity contribution is 6.04. The third-order valence-corrected chi connectivity index (χ3v) is 5.32. The Bertz CT molecular complexity index is 788. The molecule has 1 heterocycles. The summed E-state index contributed by atoms with van der Waals surface area (Å²) in [4.78, 5) is 50.5. The number of imide groups is 1. The fourth-order valence-electron chi connectivity index (χ4n) is 3.74. The van der Waals surface area contributed by atoms with E-state index in [9.17, 15) is 19.2 Å². The van der Waals surface area contributed by atoms with E-state index in [0.29, 0.717) is 18.7 Å². The molecule has 1 aromatic rings. The lowest BCUT2D eigenvalue weighted by molar-refractivity contribution is -0.128. The first-order valence-corrected chi connectivity index (χ1v) is 10.2. The molecule has 3 rings (SSSR count). The Morgan fingerprint density at radius 1 is 1.10 bits per heavy atom. The summed E-state index contributed by atoms with van der Waals surface area (Å²) >= 11 is 0. The first-order valence-electron chi connectivity index (χ1n) is 10.2. The first kappa shape index (κ1) is 20.8. The van der Waals surface area contributed by atoms with Crippen molar-refractivity contribution in [3.8, 4) is 0 Å². The van der Waals surface area contributed by atoms with Gasteiger partial charge in [-0.2, -0.15) is 0 Å². The summed E-state index contributed by atoms with van der Waals surface area (Å²) in [6, 6.07) is 6.14. The third-order valence-electron chi connectivity index (χ3n) is 5.32. The molecule has 4 amide bonds. The number of carbonyl (C=O) groups excluding carboxylic acids is 4. The first-order chi connectivity index (χ1) is 14.0. The van der Waals surface area contributed by atoms with E-state index in [1.54, 1.807) is 29.2 Å². The molecule has 2 fully saturated rings. The zero-order valence-corrected chi connectivity index (χ0v) is 16.6. The molecule has 2 aliphatic rings. The van der Waals surface area contributed by atoms with E-state index in [1.165, 1.54) is 6.92 Å². The van der Waals surface area contributed by atoms with E-state index >= 15 is 0 Å². The van der Waals surface area contributed by atoms with Crippen LogP contribution >= 0.6 is 0 Å². The summed E-state index contributed by atoms with van der Waals surface area (Å²) in [5.74, 6) is -1.45. The zero-order valence-electron chi connectivity index (χ0n) is 16.6. The Morgan fingerprint density at radius 2 is 1.83 bits per heavy atom. The Morgan fingerprint density at radius 3 is 2.52 bits per heavy atom. The number of amides is 4. The van der Waals surface area contributed by atoms with Crippen molar-refractivity contribution in [3.05, 3.63) is 29.8 Å². The largest absolute Gasteiger partial charge is 0.449 e. The third kappa shape index (κ3) is 5.34. The highest BCUT2D eigenvalue weighted by Crippen LogP contribution is 2.26. The average molecular weight is 401 g/mol. The van der Waals surface area contributed by atoms with Crippen molar-refractivity contribution in [1.82, 2.24) is 10.6 Å². The van der Waals surface area contributed by atoms with Gasteiger partial charge in [-0.1, -0.05) is 31.4 Å². The summed E-state index contributed by atoms with van der Waals surface area (Å²) in [6.07, 6.45) is 5.11. The van der Waals surface area contributed by atoms with Gasteiger partial charge in [-0.05, 0) is 38.3 Å². The van der Waals surface area contributed by atoms with Gasteiger partial charge in [0.1, 0.15) is 0 Å². The smallest absolute Gasteiger partial charge is 0.341 e. The van der Waals surface area contributed by atoms with E-state index < -0.39 is 24.0 Å². The van der Waals surface area contributed by atoms with Crippen LogP contribution in [-0.2, 0) is 14.3 Å². The Kier molecular flexibility index (Phi) is 6.85. The Hall–Kier alpha value is -2.90. The second kappa shape index (κ2) is 9.54. The molecule has 8 nitrogen and oxygen atoms in total. The lowest BCUT2D eigenvalue weighted by atomic mass is 9.96. The van der Waals surface area contributed by atoms with Crippen LogP contribution in [0.15, 0.2) is 24.3 Å². The molecule has 29 heavy (non-hydrogen) atoms. The van der Waals surface area contributed by atoms with Gasteiger partial charge in [0.25, 0.3) is 5.91 Å². The van der Waals surface area contributed by atoms with Crippen LogP contribution in [0.1, 0.15) is 62.2 Å². The lowest BCUT2D eigenvalue weighted by Gasteiger charge is -2.23. The summed E-state index contributed by atoms with van der Waals surface area (Å²) in [5.41, 5.74) is 0.691. The summed E-state index contributed by atoms with van der Waals surface area (Å²) in [7, 11) is 0. The lowest BCUT2D eigenvalue weighted by Crippen LogP contribution is -2.48. The molecular weight excluding hydrogens is 374 g/mol. The number of hydrogen-bond acceptors (Lipinski definition) is 5. The fraction of sp³-hybridized carbons (Fsp3) is 0.524. The maximum atomic E-state index is 12.6. The van der Waals surface area contributed by atoms with Crippen LogP contribution in [-0.4, -0.2) is 42.5 Å². The topological polar surface area (TPSA) is 105 Å². The molecule has 1 aliphatic heterocycles. The summed E-state index contributed by atoms with van der Waals surface area (Å²) in [5, 5.41) is 5.02. The fourth-order valence-corrected chi connectivity index (χ4v) is 3.74. The molecular formula is C21H27N3O5. The van der Waals surface area contributed by atoms with Crippen molar-refractivity contribution in [3.63, 3.8) is 0 Å². The molecule has 8 heteroatoms. The molecule has 0 radical (unpaired) electrons. The second-order valence-electron chi connectivity index (χ2n) is 7.51. The molecule has 1 aromatic carbocycles. The summed E-state index contributed by atoms with van der Waals surface area (Å²) in [6.45, 7) is 1.95. The van der Waals surface area contributed by atoms with Gasteiger partial charge >= 0.3 is 12.0 Å². The van der Waals surface area contributed by atoms with Gasteiger partial charge < -0.3 is 15.0 Å². The number of benzene rings is 1. The van der Waals surface area contributed by atoms with Gasteiger partial charge in [-0.25, -0.2) is 9.59 Å². The number of rotatable bonds is 5. The van der Waals surface area contributed by atoms with Crippen LogP contribution in [0.2, 0.25) is 0 Å². The number of urea groups is 1. The minimum atomic E-state index is -1.15. The average Bonchev–Trinajstić information content (AvgIpc) is 3.14. The van der Waals surface area contributed by atoms with Crippen LogP contribution in [0.3, 0.4) is 0 Å². The van der Waals surface area contributed by atoms with Crippen LogP contribution in [0.25, 0.3) is 0 Å². The normalized spacial score (nSPS) is 18.2. The zero-order chi connectivity index (χ0) is 20.8. The second-order valence-corrected chi connectivity index (χ2v) is 7.51. The standard InChI is InChI=1S/C21H27N3O5/c1-14(19(26)23-21(28)22-15-8-3-2-4-9-15)29-20(27)16-10-5-6-11-17(16)24-13-7-12-18(24)25/h5-6,10-11,14-15H,2-4,7-9,12-13H2,1H3,(H2,22,23,26,28)/t14-/m0/s1. The van der Waals surface area contributed by atoms with Crippen molar-refractivity contribution in [2.45, 2.75) is 64.0 Å². The number of nitrogens with one attached hydrogen (secondary N) is 2. The highest BCUT2D eigenvalue weighted by Gasteiger charge is 2.28. The number of para-hydroxylation sites is 1. The van der Waals surface area contributed by atoms with E-state index in [0.717, 1.165) is 38.5 Å². The summed E-state index contributed by atoms with van der Waals surface area (Å²) < 4.78 is 5.26. The quantitative estimate of drug-likeness (QED) is 0.738. The predicted molar refractivity (Wildman–Crippen MR) is 106 cm³/mol. The number of nitrogens with zero attached hydrogens (tertiary/aromatic N) is 1. The van der Waals surface area contributed by atoms with Crippen LogP contribution in [0.5, 0.6) is 0 Å². The van der Waals surface area contributed by atoms with Gasteiger partial charge in [0, 0.05) is 19.0 Å². The number of anilines is 1. The number of ether oxygens (including phenoxy) is 1. The van der Waals surface area contributed by atoms with Crippen molar-refractivity contribution < 1.29 is 23.9 Å². The van der Waals surface area contributed by atoms with Gasteiger partial charge in [-0.3, -0.25) is 14.9 Å². The van der Waals surface area contributed by atoms with Crippen molar-refractivity contribution in [1.29, 1.82) is 0 Å². The molecule has 1 aliphatic carbocycles. The minimum absolute atomic E-state index is 0.0459. The molecule has 1 saturated carbocycles. The maximum absolute atomic E-state index is 12.6. The van der Waals surface area contributed by atoms with Crippen molar-refractivity contribution >= 4 is 29.5 Å². The molecule has 0 unspecified atom stereocenters. The van der Waals surface area contributed by atoms with Crippen LogP contribution in [0, 0.1) is 0 Å². The molecule has 0 bridgehead atoms. The monoisotopic (exact) mass is 401 g/mol. The van der Waals surface area contributed by atoms with E-state index in [1.807, 2.05) is 0 Å². The van der Waals surface area contributed by atoms with E-state index in [-0.39, 0.29) is 17.5 Å². The van der Waals surface area contributed by atoms with Crippen molar-refractivity contribution in [2.24, 2.45) is 0 Å². The van der Waals surface area contributed by atoms with Crippen LogP contribution in [0.4, 0.5) is 10.5 Å². The van der Waals surface area contributed by atoms with Gasteiger partial charge in [-0.15, -0.1) is 0 Å². The number of carbonyl (C=O) groups is 4. The van der Waals surface area contributed by atoms with E-state index in [2.05, 4.69) is 10.6 Å². The van der Waals surface area contributed by atoms with E-state index in [4.69, 9.17) is 4.74 Å². The molecule has 1 saturated heterocycles. The van der Waals surface area contributed by atoms with Crippen molar-refractivity contribution in [2.75, 3.05) is 11.4 Å². The maximum Gasteiger partial charge on any atom is 0.341 e. The Labute approximate surface area is 170 Å². The minimum Gasteiger partial charge on any atom is -0.449 e. The molecule has 2 N–H and O–H groups in total. The highest BCUT2D eigenvalue weighted by atomic mass is 16.5. The van der Waals surface area contributed by atoms with Gasteiger partial charge in [0.15, 0.2) is 6.10 Å². The van der Waals surface area contributed by atoms with Crippen LogP contribution < -0.4 is 15.5 Å². The van der Waals surface area contributed by atoms with Gasteiger partial charge in [0.2, 0.25) is 5.91 Å². The predicted octanol–water partition coefficient (Wildman–Crippen LogP) is 2.52. The molecule has 1 atom stereocenters.